The number of pyridine rings is 1. The number of ether oxygens (including phenoxy) is 1. The van der Waals surface area contributed by atoms with Crippen LogP contribution in [-0.4, -0.2) is 32.2 Å². The second-order valence-electron chi connectivity index (χ2n) is 7.19. The van der Waals surface area contributed by atoms with Crippen LogP contribution in [0.25, 0.3) is 28.1 Å². The topological polar surface area (TPSA) is 77.2 Å². The fourth-order valence-corrected chi connectivity index (χ4v) is 3.43. The molecule has 6 nitrogen and oxygen atoms in total. The van der Waals surface area contributed by atoms with Crippen molar-refractivity contribution < 1.29 is 19.0 Å². The minimum Gasteiger partial charge on any atom is -0.494 e. The molecule has 0 atom stereocenters. The highest BCUT2D eigenvalue weighted by atomic mass is 19.1. The summed E-state index contributed by atoms with van der Waals surface area (Å²) in [6.07, 6.45) is 5.85. The maximum Gasteiger partial charge on any atom is 0.303 e. The normalized spacial score (nSPS) is 11.0. The molecular weight excluding hydrogens is 397 g/mol. The Hall–Kier alpha value is -3.74. The Labute approximate surface area is 179 Å². The molecule has 0 amide bonds. The lowest BCUT2D eigenvalue weighted by atomic mass is 10.2. The van der Waals surface area contributed by atoms with Gasteiger partial charge in [-0.25, -0.2) is 9.37 Å². The molecule has 158 valence electrons. The Morgan fingerprint density at radius 3 is 2.65 bits per heavy atom. The van der Waals surface area contributed by atoms with Gasteiger partial charge in [-0.05, 0) is 67.8 Å². The van der Waals surface area contributed by atoms with Crippen LogP contribution in [0.4, 0.5) is 4.39 Å². The highest BCUT2D eigenvalue weighted by Gasteiger charge is 2.15. The van der Waals surface area contributed by atoms with E-state index in [-0.39, 0.29) is 12.2 Å². The van der Waals surface area contributed by atoms with Crippen LogP contribution in [0.3, 0.4) is 0 Å². The lowest BCUT2D eigenvalue weighted by Crippen LogP contribution is -2.00. The molecule has 0 radical (unpaired) electrons. The first-order chi connectivity index (χ1) is 15.1. The molecule has 7 heteroatoms. The van der Waals surface area contributed by atoms with Crippen LogP contribution < -0.4 is 4.74 Å². The Kier molecular flexibility index (Phi) is 6.21. The van der Waals surface area contributed by atoms with Crippen molar-refractivity contribution in [2.24, 2.45) is 0 Å². The van der Waals surface area contributed by atoms with Crippen LogP contribution in [0, 0.1) is 5.82 Å². The van der Waals surface area contributed by atoms with Crippen molar-refractivity contribution in [3.05, 3.63) is 72.8 Å². The average molecular weight is 419 g/mol. The molecule has 0 bridgehead atoms. The first-order valence-electron chi connectivity index (χ1n) is 10.2. The molecule has 4 aromatic rings. The minimum absolute atomic E-state index is 0.180. The number of carboxylic acid groups (broad SMARTS) is 1. The number of carboxylic acids is 1. The number of aromatic nitrogens is 3. The molecule has 4 rings (SSSR count). The van der Waals surface area contributed by atoms with Crippen molar-refractivity contribution in [1.29, 1.82) is 0 Å². The van der Waals surface area contributed by atoms with E-state index in [1.54, 1.807) is 24.5 Å². The Balaban J connectivity index is 1.63. The monoisotopic (exact) mass is 419 g/mol. The van der Waals surface area contributed by atoms with E-state index in [1.807, 2.05) is 34.9 Å². The summed E-state index contributed by atoms with van der Waals surface area (Å²) in [5.41, 5.74) is 3.27. The van der Waals surface area contributed by atoms with Crippen molar-refractivity contribution in [1.82, 2.24) is 14.5 Å². The molecule has 0 aliphatic rings. The van der Waals surface area contributed by atoms with E-state index in [1.165, 1.54) is 12.1 Å². The van der Waals surface area contributed by atoms with Crippen molar-refractivity contribution in [3.63, 3.8) is 0 Å². The van der Waals surface area contributed by atoms with Crippen molar-refractivity contribution >= 4 is 17.0 Å². The number of nitrogens with zero attached hydrogens (tertiary/aromatic N) is 3. The highest BCUT2D eigenvalue weighted by molar-refractivity contribution is 5.84. The molecule has 0 fully saturated rings. The highest BCUT2D eigenvalue weighted by Crippen LogP contribution is 2.30. The van der Waals surface area contributed by atoms with E-state index in [4.69, 9.17) is 14.8 Å². The number of imidazole rings is 1. The number of carbonyl (C=O) groups is 1. The zero-order chi connectivity index (χ0) is 21.6. The summed E-state index contributed by atoms with van der Waals surface area (Å²) in [6, 6.07) is 15.7. The summed E-state index contributed by atoms with van der Waals surface area (Å²) in [7, 11) is 0. The summed E-state index contributed by atoms with van der Waals surface area (Å²) in [5, 5.41) is 8.70. The van der Waals surface area contributed by atoms with Crippen LogP contribution in [-0.2, 0) is 4.79 Å². The smallest absolute Gasteiger partial charge is 0.303 e. The van der Waals surface area contributed by atoms with Gasteiger partial charge in [0.25, 0.3) is 0 Å². The number of halogens is 1. The second-order valence-corrected chi connectivity index (χ2v) is 7.19. The third-order valence-electron chi connectivity index (χ3n) is 4.93. The lowest BCUT2D eigenvalue weighted by Gasteiger charge is -2.11. The summed E-state index contributed by atoms with van der Waals surface area (Å²) >= 11 is 0. The quantitative estimate of drug-likeness (QED) is 0.375. The van der Waals surface area contributed by atoms with Gasteiger partial charge in [0, 0.05) is 36.1 Å². The van der Waals surface area contributed by atoms with E-state index >= 15 is 0 Å². The number of aliphatic carboxylic acids is 1. The van der Waals surface area contributed by atoms with Crippen molar-refractivity contribution in [2.45, 2.75) is 25.7 Å². The van der Waals surface area contributed by atoms with Crippen LogP contribution in [0.1, 0.15) is 25.7 Å². The SMILES string of the molecule is O=C(O)CCCCCOc1ccc2nc(-c3cccnc3)n(-c3ccc(F)cc3)c2c1. The molecular formula is C24H22FN3O3. The van der Waals surface area contributed by atoms with Crippen LogP contribution in [0.2, 0.25) is 0 Å². The van der Waals surface area contributed by atoms with Gasteiger partial charge in [-0.1, -0.05) is 0 Å². The Morgan fingerprint density at radius 2 is 1.90 bits per heavy atom. The van der Waals surface area contributed by atoms with Gasteiger partial charge in [-0.15, -0.1) is 0 Å². The maximum absolute atomic E-state index is 13.5. The van der Waals surface area contributed by atoms with Crippen LogP contribution >= 0.6 is 0 Å². The van der Waals surface area contributed by atoms with Gasteiger partial charge in [0.1, 0.15) is 17.4 Å². The number of benzene rings is 2. The molecule has 2 aromatic carbocycles. The minimum atomic E-state index is -0.773. The maximum atomic E-state index is 13.5. The van der Waals surface area contributed by atoms with Gasteiger partial charge in [0.2, 0.25) is 0 Å². The fourth-order valence-electron chi connectivity index (χ4n) is 3.43. The lowest BCUT2D eigenvalue weighted by molar-refractivity contribution is -0.137. The summed E-state index contributed by atoms with van der Waals surface area (Å²) < 4.78 is 21.4. The summed E-state index contributed by atoms with van der Waals surface area (Å²) in [4.78, 5) is 19.6. The third kappa shape index (κ3) is 4.88. The average Bonchev–Trinajstić information content (AvgIpc) is 3.16. The molecule has 1 N–H and O–H groups in total. The molecule has 2 heterocycles. The Bertz CT molecular complexity index is 1170. The molecule has 0 saturated heterocycles. The summed E-state index contributed by atoms with van der Waals surface area (Å²) in [6.45, 7) is 0.505. The first kappa shape index (κ1) is 20.5. The largest absolute Gasteiger partial charge is 0.494 e. The van der Waals surface area contributed by atoms with Crippen molar-refractivity contribution in [2.75, 3.05) is 6.61 Å². The van der Waals surface area contributed by atoms with Gasteiger partial charge in [0.05, 0.1) is 17.6 Å². The number of unbranched alkanes of at least 4 members (excludes halogenated alkanes) is 2. The van der Waals surface area contributed by atoms with Gasteiger partial charge in [0.15, 0.2) is 0 Å². The predicted molar refractivity (Wildman–Crippen MR) is 116 cm³/mol. The van der Waals surface area contributed by atoms with Crippen LogP contribution in [0.5, 0.6) is 5.75 Å². The molecule has 0 unspecified atom stereocenters. The zero-order valence-corrected chi connectivity index (χ0v) is 16.9. The van der Waals surface area contributed by atoms with E-state index in [9.17, 15) is 9.18 Å². The van der Waals surface area contributed by atoms with Gasteiger partial charge in [-0.3, -0.25) is 14.3 Å². The van der Waals surface area contributed by atoms with Gasteiger partial charge >= 0.3 is 5.97 Å². The third-order valence-corrected chi connectivity index (χ3v) is 4.93. The molecule has 31 heavy (non-hydrogen) atoms. The number of hydrogen-bond donors (Lipinski definition) is 1. The van der Waals surface area contributed by atoms with E-state index < -0.39 is 5.97 Å². The molecule has 0 saturated carbocycles. The van der Waals surface area contributed by atoms with E-state index in [2.05, 4.69) is 4.98 Å². The fraction of sp³-hybridized carbons (Fsp3) is 0.208. The number of fused-ring (bicyclic) bond motifs is 1. The van der Waals surface area contributed by atoms with Gasteiger partial charge in [-0.2, -0.15) is 0 Å². The second kappa shape index (κ2) is 9.38. The zero-order valence-electron chi connectivity index (χ0n) is 16.9. The number of hydrogen-bond acceptors (Lipinski definition) is 4. The van der Waals surface area contributed by atoms with E-state index in [0.29, 0.717) is 24.6 Å². The molecule has 0 spiro atoms. The first-order valence-corrected chi connectivity index (χ1v) is 10.2. The van der Waals surface area contributed by atoms with Crippen LogP contribution in [0.15, 0.2) is 67.0 Å². The molecule has 2 aromatic heterocycles. The summed E-state index contributed by atoms with van der Waals surface area (Å²) in [5.74, 6) is 0.333. The molecule has 0 aliphatic heterocycles. The predicted octanol–water partition coefficient (Wildman–Crippen LogP) is 5.25. The number of rotatable bonds is 9. The standard InChI is InChI=1S/C24H22FN3O3/c25-18-7-9-19(10-8-18)28-22-15-20(31-14-3-1-2-6-23(29)30)11-12-21(22)27-24(28)17-5-4-13-26-16-17/h4-5,7-13,15-16H,1-3,6,14H2,(H,29,30). The molecule has 0 aliphatic carbocycles. The van der Waals surface area contributed by atoms with Crippen molar-refractivity contribution in [3.8, 4) is 22.8 Å². The van der Waals surface area contributed by atoms with Gasteiger partial charge < -0.3 is 9.84 Å². The Morgan fingerprint density at radius 1 is 1.06 bits per heavy atom. The van der Waals surface area contributed by atoms with E-state index in [0.717, 1.165) is 35.1 Å².